The molecule has 2 aliphatic rings. The maximum Gasteiger partial charge on any atom is 0.261 e. The van der Waals surface area contributed by atoms with Gasteiger partial charge in [-0.05, 0) is 41.8 Å². The van der Waals surface area contributed by atoms with Crippen molar-refractivity contribution in [3.63, 3.8) is 0 Å². The van der Waals surface area contributed by atoms with Gasteiger partial charge in [0.2, 0.25) is 5.91 Å². The van der Waals surface area contributed by atoms with Crippen LogP contribution in [0.25, 0.3) is 10.1 Å². The maximum atomic E-state index is 13.9. The number of rotatable bonds is 4. The molecular formula is C26H28N2O2S. The second-order valence-electron chi connectivity index (χ2n) is 8.81. The van der Waals surface area contributed by atoms with Gasteiger partial charge in [0.25, 0.3) is 5.91 Å². The van der Waals surface area contributed by atoms with Crippen molar-refractivity contribution in [2.45, 2.75) is 43.4 Å². The van der Waals surface area contributed by atoms with Crippen LogP contribution in [0, 0.1) is 0 Å². The Balaban J connectivity index is 1.47. The van der Waals surface area contributed by atoms with Crippen LogP contribution in [0.1, 0.15) is 58.8 Å². The van der Waals surface area contributed by atoms with Crippen LogP contribution in [0.15, 0.2) is 54.6 Å². The largest absolute Gasteiger partial charge is 0.354 e. The molecule has 0 radical (unpaired) electrons. The highest BCUT2D eigenvalue weighted by Gasteiger charge is 2.46. The maximum absolute atomic E-state index is 13.9. The molecule has 1 saturated heterocycles. The fourth-order valence-electron chi connectivity index (χ4n) is 5.60. The molecule has 2 aromatic carbocycles. The number of hydrogen-bond donors (Lipinski definition) is 1. The molecule has 2 heterocycles. The molecule has 31 heavy (non-hydrogen) atoms. The Labute approximate surface area is 187 Å². The molecular weight excluding hydrogens is 404 g/mol. The van der Waals surface area contributed by atoms with E-state index in [0.29, 0.717) is 6.54 Å². The predicted molar refractivity (Wildman–Crippen MR) is 126 cm³/mol. The van der Waals surface area contributed by atoms with Crippen LogP contribution in [0.3, 0.4) is 0 Å². The SMILES string of the molecule is CNC(=O)c1sc2ccccc2c1[C@H]1CCN(C(=O)C2(c3ccccc3)CCCC2)C1. The average Bonchev–Trinajstić information content (AvgIpc) is 3.57. The number of hydrogen-bond acceptors (Lipinski definition) is 3. The Morgan fingerprint density at radius 2 is 1.74 bits per heavy atom. The molecule has 160 valence electrons. The molecule has 1 aromatic heterocycles. The van der Waals surface area contributed by atoms with Crippen molar-refractivity contribution >= 4 is 33.2 Å². The lowest BCUT2D eigenvalue weighted by Crippen LogP contribution is -2.44. The van der Waals surface area contributed by atoms with Crippen LogP contribution >= 0.6 is 11.3 Å². The van der Waals surface area contributed by atoms with E-state index in [2.05, 4.69) is 34.5 Å². The summed E-state index contributed by atoms with van der Waals surface area (Å²) in [4.78, 5) is 29.4. The Kier molecular flexibility index (Phi) is 5.30. The van der Waals surface area contributed by atoms with E-state index < -0.39 is 0 Å². The van der Waals surface area contributed by atoms with Crippen molar-refractivity contribution in [2.24, 2.45) is 0 Å². The number of thiophene rings is 1. The van der Waals surface area contributed by atoms with E-state index in [-0.39, 0.29) is 23.1 Å². The number of carbonyl (C=O) groups excluding carboxylic acids is 2. The molecule has 0 bridgehead atoms. The summed E-state index contributed by atoms with van der Waals surface area (Å²) in [5, 5.41) is 3.96. The van der Waals surface area contributed by atoms with Crippen LogP contribution < -0.4 is 5.32 Å². The van der Waals surface area contributed by atoms with Crippen molar-refractivity contribution in [1.82, 2.24) is 10.2 Å². The third-order valence-corrected chi connectivity index (χ3v) is 8.33. The van der Waals surface area contributed by atoms with Crippen LogP contribution in [-0.4, -0.2) is 36.9 Å². The van der Waals surface area contributed by atoms with Crippen LogP contribution in [0.5, 0.6) is 0 Å². The van der Waals surface area contributed by atoms with Crippen molar-refractivity contribution < 1.29 is 9.59 Å². The van der Waals surface area contributed by atoms with Crippen molar-refractivity contribution in [3.05, 3.63) is 70.6 Å². The molecule has 2 amide bonds. The molecule has 3 aromatic rings. The van der Waals surface area contributed by atoms with Crippen LogP contribution in [0.2, 0.25) is 0 Å². The van der Waals surface area contributed by atoms with Gasteiger partial charge >= 0.3 is 0 Å². The molecule has 1 N–H and O–H groups in total. The Hall–Kier alpha value is -2.66. The van der Waals surface area contributed by atoms with Gasteiger partial charge in [-0.2, -0.15) is 0 Å². The number of fused-ring (bicyclic) bond motifs is 1. The first-order valence-corrected chi connectivity index (χ1v) is 12.0. The molecule has 1 aliphatic heterocycles. The summed E-state index contributed by atoms with van der Waals surface area (Å²) in [6.45, 7) is 1.45. The minimum atomic E-state index is -0.378. The number of benzene rings is 2. The van der Waals surface area contributed by atoms with Gasteiger partial charge in [-0.25, -0.2) is 0 Å². The molecule has 0 spiro atoms. The summed E-state index contributed by atoms with van der Waals surface area (Å²) in [5.41, 5.74) is 1.90. The van der Waals surface area contributed by atoms with Gasteiger partial charge < -0.3 is 10.2 Å². The Morgan fingerprint density at radius 3 is 2.48 bits per heavy atom. The summed E-state index contributed by atoms with van der Waals surface area (Å²) in [5.74, 6) is 0.443. The Morgan fingerprint density at radius 1 is 1.03 bits per heavy atom. The first-order chi connectivity index (χ1) is 15.1. The number of carbonyl (C=O) groups is 2. The van der Waals surface area contributed by atoms with E-state index in [9.17, 15) is 9.59 Å². The number of amides is 2. The highest BCUT2D eigenvalue weighted by molar-refractivity contribution is 7.21. The van der Waals surface area contributed by atoms with Gasteiger partial charge in [0.1, 0.15) is 0 Å². The molecule has 4 nitrogen and oxygen atoms in total. The summed E-state index contributed by atoms with van der Waals surface area (Å²) in [7, 11) is 1.69. The van der Waals surface area contributed by atoms with Gasteiger partial charge in [0.15, 0.2) is 0 Å². The monoisotopic (exact) mass is 432 g/mol. The lowest BCUT2D eigenvalue weighted by Gasteiger charge is -2.33. The highest BCUT2D eigenvalue weighted by atomic mass is 32.1. The number of nitrogens with one attached hydrogen (secondary N) is 1. The third kappa shape index (κ3) is 3.35. The molecule has 1 aliphatic carbocycles. The van der Waals surface area contributed by atoms with Crippen molar-refractivity contribution in [1.29, 1.82) is 0 Å². The van der Waals surface area contributed by atoms with Gasteiger partial charge in [0, 0.05) is 30.8 Å². The summed E-state index contributed by atoms with van der Waals surface area (Å²) in [6.07, 6.45) is 4.98. The Bertz CT molecular complexity index is 1110. The summed E-state index contributed by atoms with van der Waals surface area (Å²) >= 11 is 1.56. The van der Waals surface area contributed by atoms with Crippen LogP contribution in [-0.2, 0) is 10.2 Å². The first-order valence-electron chi connectivity index (χ1n) is 11.2. The topological polar surface area (TPSA) is 49.4 Å². The lowest BCUT2D eigenvalue weighted by atomic mass is 9.77. The molecule has 1 atom stereocenters. The molecule has 5 rings (SSSR count). The quantitative estimate of drug-likeness (QED) is 0.624. The van der Waals surface area contributed by atoms with E-state index in [1.165, 1.54) is 0 Å². The minimum Gasteiger partial charge on any atom is -0.354 e. The number of nitrogens with zero attached hydrogens (tertiary/aromatic N) is 1. The van der Waals surface area contributed by atoms with Gasteiger partial charge in [-0.1, -0.05) is 61.4 Å². The molecule has 5 heteroatoms. The molecule has 0 unspecified atom stereocenters. The standard InChI is InChI=1S/C26H28N2O2S/c1-27-24(29)23-22(20-11-5-6-12-21(20)31-23)18-13-16-28(17-18)25(30)26(14-7-8-15-26)19-9-3-2-4-10-19/h2-6,9-12,18H,7-8,13-17H2,1H3,(H,27,29)/t18-/m0/s1. The van der Waals surface area contributed by atoms with Gasteiger partial charge in [-0.15, -0.1) is 11.3 Å². The second kappa shape index (κ2) is 8.12. The molecule has 2 fully saturated rings. The van der Waals surface area contributed by atoms with Gasteiger partial charge in [-0.3, -0.25) is 9.59 Å². The predicted octanol–water partition coefficient (Wildman–Crippen LogP) is 5.09. The fraction of sp³-hybridized carbons (Fsp3) is 0.385. The third-order valence-electron chi connectivity index (χ3n) is 7.14. The average molecular weight is 433 g/mol. The first kappa shape index (κ1) is 20.3. The smallest absolute Gasteiger partial charge is 0.261 e. The van der Waals surface area contributed by atoms with E-state index in [4.69, 9.17) is 0 Å². The van der Waals surface area contributed by atoms with E-state index in [0.717, 1.165) is 64.7 Å². The van der Waals surface area contributed by atoms with Gasteiger partial charge in [0.05, 0.1) is 10.3 Å². The van der Waals surface area contributed by atoms with Crippen molar-refractivity contribution in [2.75, 3.05) is 20.1 Å². The lowest BCUT2D eigenvalue weighted by molar-refractivity contribution is -0.136. The fourth-order valence-corrected chi connectivity index (χ4v) is 6.83. The summed E-state index contributed by atoms with van der Waals surface area (Å²) < 4.78 is 1.14. The van der Waals surface area contributed by atoms with E-state index >= 15 is 0 Å². The zero-order valence-corrected chi connectivity index (χ0v) is 18.7. The second-order valence-corrected chi connectivity index (χ2v) is 9.86. The van der Waals surface area contributed by atoms with E-state index in [1.54, 1.807) is 18.4 Å². The molecule has 1 saturated carbocycles. The minimum absolute atomic E-state index is 0.0301. The zero-order chi connectivity index (χ0) is 21.4. The normalized spacial score (nSPS) is 20.3. The van der Waals surface area contributed by atoms with Crippen LogP contribution in [0.4, 0.5) is 0 Å². The highest BCUT2D eigenvalue weighted by Crippen LogP contribution is 2.45. The number of likely N-dealkylation sites (tertiary alicyclic amines) is 1. The summed E-state index contributed by atoms with van der Waals surface area (Å²) in [6, 6.07) is 18.6. The zero-order valence-electron chi connectivity index (χ0n) is 17.9. The van der Waals surface area contributed by atoms with Crippen molar-refractivity contribution in [3.8, 4) is 0 Å². The van der Waals surface area contributed by atoms with E-state index in [1.807, 2.05) is 30.3 Å².